The third kappa shape index (κ3) is 2.90. The summed E-state index contributed by atoms with van der Waals surface area (Å²) < 4.78 is 40.1. The van der Waals surface area contributed by atoms with E-state index in [0.29, 0.717) is 4.90 Å². The molecule has 0 spiro atoms. The van der Waals surface area contributed by atoms with Gasteiger partial charge in [0, 0.05) is 4.90 Å². The Morgan fingerprint density at radius 3 is 2.26 bits per heavy atom. The van der Waals surface area contributed by atoms with E-state index in [1.54, 1.807) is 0 Å². The Kier molecular flexibility index (Phi) is 3.80. The zero-order chi connectivity index (χ0) is 14.0. The highest BCUT2D eigenvalue weighted by atomic mass is 32.1. The Balaban J connectivity index is 2.34. The summed E-state index contributed by atoms with van der Waals surface area (Å²) in [5.41, 5.74) is -0.952. The summed E-state index contributed by atoms with van der Waals surface area (Å²) >= 11 is 3.97. The molecule has 2 aromatic rings. The maximum Gasteiger partial charge on any atom is 0.258 e. The quantitative estimate of drug-likeness (QED) is 0.809. The summed E-state index contributed by atoms with van der Waals surface area (Å²) in [4.78, 5) is 12.1. The van der Waals surface area contributed by atoms with Crippen LogP contribution in [0.5, 0.6) is 0 Å². The molecule has 6 heteroatoms. The number of anilines is 1. The molecule has 0 aliphatic rings. The van der Waals surface area contributed by atoms with E-state index in [2.05, 4.69) is 12.6 Å². The number of benzene rings is 2. The van der Waals surface area contributed by atoms with E-state index in [-0.39, 0.29) is 5.56 Å². The van der Waals surface area contributed by atoms with E-state index in [0.717, 1.165) is 24.3 Å². The van der Waals surface area contributed by atoms with Gasteiger partial charge < -0.3 is 5.32 Å². The van der Waals surface area contributed by atoms with E-state index in [4.69, 9.17) is 0 Å². The van der Waals surface area contributed by atoms with Crippen molar-refractivity contribution in [1.29, 1.82) is 0 Å². The molecule has 0 heterocycles. The number of hydrogen-bond acceptors (Lipinski definition) is 2. The van der Waals surface area contributed by atoms with Crippen molar-refractivity contribution in [2.75, 3.05) is 5.32 Å². The van der Waals surface area contributed by atoms with Gasteiger partial charge in [-0.2, -0.15) is 0 Å². The molecule has 0 bridgehead atoms. The number of rotatable bonds is 2. The molecule has 0 unspecified atom stereocenters. The minimum atomic E-state index is -0.947. The Hall–Kier alpha value is -1.95. The molecule has 2 rings (SSSR count). The lowest BCUT2D eigenvalue weighted by Gasteiger charge is -2.08. The fourth-order valence-electron chi connectivity index (χ4n) is 1.49. The third-order valence-electron chi connectivity index (χ3n) is 2.40. The Morgan fingerprint density at radius 1 is 1.00 bits per heavy atom. The van der Waals surface area contributed by atoms with Crippen LogP contribution in [0.3, 0.4) is 0 Å². The van der Waals surface area contributed by atoms with Gasteiger partial charge in [-0.05, 0) is 30.3 Å². The maximum atomic E-state index is 13.4. The largest absolute Gasteiger partial charge is 0.317 e. The second-order valence-electron chi connectivity index (χ2n) is 3.71. The van der Waals surface area contributed by atoms with Crippen LogP contribution in [0.25, 0.3) is 0 Å². The van der Waals surface area contributed by atoms with Crippen LogP contribution < -0.4 is 5.32 Å². The highest BCUT2D eigenvalue weighted by Gasteiger charge is 2.16. The minimum Gasteiger partial charge on any atom is -0.317 e. The Morgan fingerprint density at radius 2 is 1.63 bits per heavy atom. The molecule has 0 aliphatic carbocycles. The summed E-state index contributed by atoms with van der Waals surface area (Å²) in [5.74, 6) is -3.61. The van der Waals surface area contributed by atoms with Gasteiger partial charge in [-0.25, -0.2) is 13.2 Å². The van der Waals surface area contributed by atoms with Crippen molar-refractivity contribution in [2.24, 2.45) is 0 Å². The van der Waals surface area contributed by atoms with E-state index in [1.165, 1.54) is 12.1 Å². The van der Waals surface area contributed by atoms with Crippen LogP contribution in [-0.4, -0.2) is 5.91 Å². The molecule has 0 saturated heterocycles. The first-order valence-corrected chi connectivity index (χ1v) is 5.67. The summed E-state index contributed by atoms with van der Waals surface area (Å²) in [6, 6.07) is 6.73. The Bertz CT molecular complexity index is 626. The van der Waals surface area contributed by atoms with E-state index < -0.39 is 29.0 Å². The molecule has 0 aliphatic heterocycles. The number of amides is 1. The van der Waals surface area contributed by atoms with E-state index in [9.17, 15) is 18.0 Å². The standard InChI is InChI=1S/C13H8F3NOS/c14-9-5-4-7(19)6-8(9)13(18)17-12-10(15)2-1-3-11(12)16/h1-6,19H,(H,17,18). The number of para-hydroxylation sites is 1. The van der Waals surface area contributed by atoms with Crippen molar-refractivity contribution in [3.8, 4) is 0 Å². The summed E-state index contributed by atoms with van der Waals surface area (Å²) in [7, 11) is 0. The molecule has 2 aromatic carbocycles. The molecule has 1 N–H and O–H groups in total. The van der Waals surface area contributed by atoms with Crippen LogP contribution in [-0.2, 0) is 0 Å². The predicted octanol–water partition coefficient (Wildman–Crippen LogP) is 3.64. The fraction of sp³-hybridized carbons (Fsp3) is 0. The molecule has 2 nitrogen and oxygen atoms in total. The first-order valence-electron chi connectivity index (χ1n) is 5.23. The number of carbonyl (C=O) groups is 1. The van der Waals surface area contributed by atoms with Crippen LogP contribution in [0.2, 0.25) is 0 Å². The monoisotopic (exact) mass is 283 g/mol. The van der Waals surface area contributed by atoms with Crippen LogP contribution in [0, 0.1) is 17.5 Å². The van der Waals surface area contributed by atoms with Crippen LogP contribution in [0.4, 0.5) is 18.9 Å². The van der Waals surface area contributed by atoms with Crippen LogP contribution in [0.15, 0.2) is 41.3 Å². The van der Waals surface area contributed by atoms with Crippen molar-refractivity contribution in [1.82, 2.24) is 0 Å². The number of thiol groups is 1. The zero-order valence-corrected chi connectivity index (χ0v) is 10.3. The molecular formula is C13H8F3NOS. The summed E-state index contributed by atoms with van der Waals surface area (Å²) in [6.45, 7) is 0. The third-order valence-corrected chi connectivity index (χ3v) is 2.67. The smallest absolute Gasteiger partial charge is 0.258 e. The lowest BCUT2D eigenvalue weighted by molar-refractivity contribution is 0.102. The van der Waals surface area contributed by atoms with Gasteiger partial charge in [0.25, 0.3) is 5.91 Å². The summed E-state index contributed by atoms with van der Waals surface area (Å²) in [6.07, 6.45) is 0. The lowest BCUT2D eigenvalue weighted by Crippen LogP contribution is -2.16. The van der Waals surface area contributed by atoms with Gasteiger partial charge in [0.2, 0.25) is 0 Å². The molecular weight excluding hydrogens is 275 g/mol. The zero-order valence-electron chi connectivity index (χ0n) is 9.45. The first-order chi connectivity index (χ1) is 8.99. The first kappa shape index (κ1) is 13.5. The molecule has 0 aromatic heterocycles. The summed E-state index contributed by atoms with van der Waals surface area (Å²) in [5, 5.41) is 2.00. The number of halogens is 3. The highest BCUT2D eigenvalue weighted by Crippen LogP contribution is 2.20. The fourth-order valence-corrected chi connectivity index (χ4v) is 1.69. The van der Waals surface area contributed by atoms with Gasteiger partial charge in [0.05, 0.1) is 5.56 Å². The predicted molar refractivity (Wildman–Crippen MR) is 68.0 cm³/mol. The highest BCUT2D eigenvalue weighted by molar-refractivity contribution is 7.80. The molecule has 98 valence electrons. The average Bonchev–Trinajstić information content (AvgIpc) is 2.37. The normalized spacial score (nSPS) is 10.3. The molecule has 0 radical (unpaired) electrons. The maximum absolute atomic E-state index is 13.4. The minimum absolute atomic E-state index is 0.338. The lowest BCUT2D eigenvalue weighted by atomic mass is 10.2. The van der Waals surface area contributed by atoms with Gasteiger partial charge in [0.1, 0.15) is 23.1 Å². The molecule has 19 heavy (non-hydrogen) atoms. The van der Waals surface area contributed by atoms with Crippen molar-refractivity contribution < 1.29 is 18.0 Å². The van der Waals surface area contributed by atoms with Gasteiger partial charge in [-0.1, -0.05) is 6.07 Å². The molecule has 1 amide bonds. The van der Waals surface area contributed by atoms with E-state index in [1.807, 2.05) is 5.32 Å². The van der Waals surface area contributed by atoms with Gasteiger partial charge in [-0.15, -0.1) is 12.6 Å². The second kappa shape index (κ2) is 5.36. The second-order valence-corrected chi connectivity index (χ2v) is 4.23. The number of carbonyl (C=O) groups excluding carboxylic acids is 1. The molecule has 0 fully saturated rings. The van der Waals surface area contributed by atoms with Crippen LogP contribution >= 0.6 is 12.6 Å². The van der Waals surface area contributed by atoms with E-state index >= 15 is 0 Å². The van der Waals surface area contributed by atoms with Gasteiger partial charge >= 0.3 is 0 Å². The van der Waals surface area contributed by atoms with Gasteiger partial charge in [-0.3, -0.25) is 4.79 Å². The van der Waals surface area contributed by atoms with Crippen molar-refractivity contribution >= 4 is 24.2 Å². The number of hydrogen-bond donors (Lipinski definition) is 2. The Labute approximate surface area is 112 Å². The van der Waals surface area contributed by atoms with Crippen LogP contribution in [0.1, 0.15) is 10.4 Å². The van der Waals surface area contributed by atoms with Crippen molar-refractivity contribution in [2.45, 2.75) is 4.90 Å². The molecule has 0 saturated carbocycles. The van der Waals surface area contributed by atoms with Crippen molar-refractivity contribution in [3.05, 3.63) is 59.4 Å². The number of nitrogens with one attached hydrogen (secondary N) is 1. The molecule has 0 atom stereocenters. The topological polar surface area (TPSA) is 29.1 Å². The average molecular weight is 283 g/mol. The SMILES string of the molecule is O=C(Nc1c(F)cccc1F)c1cc(S)ccc1F. The van der Waals surface area contributed by atoms with Crippen molar-refractivity contribution in [3.63, 3.8) is 0 Å². The van der Waals surface area contributed by atoms with Gasteiger partial charge in [0.15, 0.2) is 0 Å².